The molecule has 0 aromatic heterocycles. The van der Waals surface area contributed by atoms with E-state index in [-0.39, 0.29) is 12.3 Å². The molecule has 0 heterocycles. The molecule has 3 heteroatoms. The smallest absolute Gasteiger partial charge is 0.193 e. The predicted octanol–water partition coefficient (Wildman–Crippen LogP) is -0.0478. The van der Waals surface area contributed by atoms with E-state index in [1.54, 1.807) is 24.3 Å². The van der Waals surface area contributed by atoms with Gasteiger partial charge in [0.25, 0.3) is 0 Å². The highest BCUT2D eigenvalue weighted by Crippen LogP contribution is 2.03. The summed E-state index contributed by atoms with van der Waals surface area (Å²) < 4.78 is 0. The van der Waals surface area contributed by atoms with Gasteiger partial charge >= 0.3 is 0 Å². The van der Waals surface area contributed by atoms with Gasteiger partial charge in [-0.25, -0.2) is 0 Å². The normalized spacial score (nSPS) is 9.55. The Bertz CT molecular complexity index is 253. The van der Waals surface area contributed by atoms with Crippen molar-refractivity contribution in [3.63, 3.8) is 0 Å². The summed E-state index contributed by atoms with van der Waals surface area (Å²) in [5, 5.41) is 8.68. The second kappa shape index (κ2) is 3.35. The Kier molecular flexibility index (Phi) is 2.44. The number of carbonyl (C=O) groups is 1. The zero-order chi connectivity index (χ0) is 8.27. The van der Waals surface area contributed by atoms with Crippen molar-refractivity contribution in [2.24, 2.45) is 0 Å². The first-order valence-corrected chi connectivity index (χ1v) is 3.45. The van der Waals surface area contributed by atoms with Crippen LogP contribution in [0.5, 0.6) is 0 Å². The molecule has 56 valence electrons. The molecular weight excluding hydrogens is 139 g/mol. The van der Waals surface area contributed by atoms with Crippen LogP contribution in [-0.2, 0) is 6.61 Å². The predicted molar refractivity (Wildman–Crippen MR) is 45.2 cm³/mol. The van der Waals surface area contributed by atoms with Gasteiger partial charge in [-0.15, -0.1) is 0 Å². The van der Waals surface area contributed by atoms with E-state index in [0.717, 1.165) is 5.56 Å². The maximum absolute atomic E-state index is 10.8. The summed E-state index contributed by atoms with van der Waals surface area (Å²) in [5.74, 6) is 0. The number of hydrogen-bond acceptors (Lipinski definition) is 2. The third kappa shape index (κ3) is 1.92. The first-order valence-electron chi connectivity index (χ1n) is 3.45. The van der Waals surface area contributed by atoms with Gasteiger partial charge in [0.05, 0.1) is 6.61 Å². The van der Waals surface area contributed by atoms with Crippen molar-refractivity contribution in [2.75, 3.05) is 0 Å². The van der Waals surface area contributed by atoms with Crippen LogP contribution in [0, 0.1) is 0 Å². The maximum atomic E-state index is 10.8. The SMILES string of the molecule is BC(=O)c1ccc(CO)cc1. The summed E-state index contributed by atoms with van der Waals surface area (Å²) >= 11 is 0. The van der Waals surface area contributed by atoms with Crippen LogP contribution in [0.2, 0.25) is 0 Å². The monoisotopic (exact) mass is 148 g/mol. The summed E-state index contributed by atoms with van der Waals surface area (Å²) in [6.45, 7) is 0.0260. The standard InChI is InChI=1S/C8H9BO2/c9-8(11)7-3-1-6(5-10)2-4-7/h1-4,10H,5,9H2. The molecule has 0 fully saturated rings. The van der Waals surface area contributed by atoms with Crippen LogP contribution in [0.15, 0.2) is 24.3 Å². The van der Waals surface area contributed by atoms with Gasteiger partial charge in [-0.2, -0.15) is 0 Å². The second-order valence-corrected chi connectivity index (χ2v) is 2.41. The number of carbonyl (C=O) groups excluding carboxylic acids is 1. The first kappa shape index (κ1) is 8.02. The van der Waals surface area contributed by atoms with Gasteiger partial charge in [0, 0.05) is 5.56 Å². The van der Waals surface area contributed by atoms with E-state index < -0.39 is 0 Å². The quantitative estimate of drug-likeness (QED) is 0.597. The maximum Gasteiger partial charge on any atom is 0.193 e. The van der Waals surface area contributed by atoms with Crippen LogP contribution >= 0.6 is 0 Å². The molecule has 1 aromatic rings. The Balaban J connectivity index is 2.91. The molecule has 0 aliphatic heterocycles. The molecule has 0 aliphatic carbocycles. The average molecular weight is 148 g/mol. The van der Waals surface area contributed by atoms with Gasteiger partial charge in [-0.1, -0.05) is 24.3 Å². The summed E-state index contributed by atoms with van der Waals surface area (Å²) in [6, 6.07) is 6.93. The van der Waals surface area contributed by atoms with Gasteiger partial charge in [0.2, 0.25) is 0 Å². The topological polar surface area (TPSA) is 37.3 Å². The second-order valence-electron chi connectivity index (χ2n) is 2.41. The Morgan fingerprint density at radius 1 is 1.36 bits per heavy atom. The van der Waals surface area contributed by atoms with Crippen molar-refractivity contribution in [3.05, 3.63) is 35.4 Å². The lowest BCUT2D eigenvalue weighted by molar-refractivity contribution is 0.108. The Labute approximate surface area is 66.3 Å². The lowest BCUT2D eigenvalue weighted by Gasteiger charge is -1.96. The summed E-state index contributed by atoms with van der Waals surface area (Å²) in [6.07, 6.45) is 0. The summed E-state index contributed by atoms with van der Waals surface area (Å²) in [5.41, 5.74) is 1.56. The van der Waals surface area contributed by atoms with Gasteiger partial charge in [0.1, 0.15) is 5.68 Å². The third-order valence-corrected chi connectivity index (χ3v) is 1.54. The minimum absolute atomic E-state index is 0.0260. The fraction of sp³-hybridized carbons (Fsp3) is 0.125. The molecule has 2 nitrogen and oxygen atoms in total. The molecule has 0 radical (unpaired) electrons. The molecule has 1 N–H and O–H groups in total. The molecule has 0 aliphatic rings. The zero-order valence-electron chi connectivity index (χ0n) is 6.37. The summed E-state index contributed by atoms with van der Waals surface area (Å²) in [4.78, 5) is 10.8. The summed E-state index contributed by atoms with van der Waals surface area (Å²) in [7, 11) is 1.52. The van der Waals surface area contributed by atoms with Crippen LogP contribution in [-0.4, -0.2) is 18.6 Å². The fourth-order valence-electron chi connectivity index (χ4n) is 0.845. The molecular formula is C8H9BO2. The highest BCUT2D eigenvalue weighted by Gasteiger charge is 1.96. The molecule has 0 unspecified atom stereocenters. The number of hydrogen-bond donors (Lipinski definition) is 1. The molecule has 0 saturated heterocycles. The van der Waals surface area contributed by atoms with Crippen LogP contribution in [0.1, 0.15) is 15.9 Å². The van der Waals surface area contributed by atoms with Crippen molar-refractivity contribution >= 4 is 13.5 Å². The molecule has 0 atom stereocenters. The molecule has 11 heavy (non-hydrogen) atoms. The lowest BCUT2D eigenvalue weighted by Crippen LogP contribution is -1.96. The van der Waals surface area contributed by atoms with Crippen LogP contribution in [0.4, 0.5) is 0 Å². The van der Waals surface area contributed by atoms with E-state index in [1.807, 2.05) is 0 Å². The lowest BCUT2D eigenvalue weighted by atomic mass is 9.94. The van der Waals surface area contributed by atoms with Crippen molar-refractivity contribution in [1.82, 2.24) is 0 Å². The zero-order valence-corrected chi connectivity index (χ0v) is 6.37. The van der Waals surface area contributed by atoms with Gasteiger partial charge < -0.3 is 9.90 Å². The van der Waals surface area contributed by atoms with Gasteiger partial charge in [0.15, 0.2) is 7.85 Å². The average Bonchev–Trinajstić information content (AvgIpc) is 2.05. The molecule has 1 aromatic carbocycles. The van der Waals surface area contributed by atoms with E-state index in [2.05, 4.69) is 0 Å². The van der Waals surface area contributed by atoms with Crippen LogP contribution in [0.3, 0.4) is 0 Å². The molecule has 0 amide bonds. The van der Waals surface area contributed by atoms with Crippen LogP contribution < -0.4 is 0 Å². The number of aliphatic hydroxyl groups is 1. The number of rotatable bonds is 2. The number of aliphatic hydroxyl groups excluding tert-OH is 1. The molecule has 0 bridgehead atoms. The van der Waals surface area contributed by atoms with Crippen molar-refractivity contribution < 1.29 is 9.90 Å². The molecule has 1 rings (SSSR count). The van der Waals surface area contributed by atoms with E-state index in [4.69, 9.17) is 5.11 Å². The molecule has 0 saturated carbocycles. The minimum Gasteiger partial charge on any atom is -0.392 e. The van der Waals surface area contributed by atoms with E-state index in [1.165, 1.54) is 7.85 Å². The fourth-order valence-corrected chi connectivity index (χ4v) is 0.845. The minimum atomic E-state index is 0.0260. The first-order chi connectivity index (χ1) is 5.24. The Hall–Kier alpha value is -1.09. The van der Waals surface area contributed by atoms with Crippen molar-refractivity contribution in [1.29, 1.82) is 0 Å². The third-order valence-electron chi connectivity index (χ3n) is 1.54. The van der Waals surface area contributed by atoms with Gasteiger partial charge in [-0.3, -0.25) is 0 Å². The van der Waals surface area contributed by atoms with Crippen molar-refractivity contribution in [3.8, 4) is 0 Å². The van der Waals surface area contributed by atoms with E-state index in [9.17, 15) is 4.79 Å². The highest BCUT2D eigenvalue weighted by atomic mass is 16.3. The molecule has 0 spiro atoms. The van der Waals surface area contributed by atoms with E-state index >= 15 is 0 Å². The van der Waals surface area contributed by atoms with Crippen molar-refractivity contribution in [2.45, 2.75) is 6.61 Å². The Morgan fingerprint density at radius 3 is 2.27 bits per heavy atom. The van der Waals surface area contributed by atoms with E-state index in [0.29, 0.717) is 5.56 Å². The largest absolute Gasteiger partial charge is 0.392 e. The number of benzene rings is 1. The Morgan fingerprint density at radius 2 is 1.91 bits per heavy atom. The van der Waals surface area contributed by atoms with Crippen LogP contribution in [0.25, 0.3) is 0 Å². The van der Waals surface area contributed by atoms with Gasteiger partial charge in [-0.05, 0) is 5.56 Å². The highest BCUT2D eigenvalue weighted by molar-refractivity contribution is 6.62.